The Labute approximate surface area is 99.5 Å². The molecular weight excluding hydrogens is 224 g/mol. The fourth-order valence-corrected chi connectivity index (χ4v) is 2.13. The SMILES string of the molecule is NCC1CCC(C(=O)NC(C(=O)O)C2CC2)O1. The third-order valence-electron chi connectivity index (χ3n) is 3.32. The Morgan fingerprint density at radius 1 is 1.35 bits per heavy atom. The Hall–Kier alpha value is -1.14. The molecule has 6 nitrogen and oxygen atoms in total. The summed E-state index contributed by atoms with van der Waals surface area (Å²) in [4.78, 5) is 22.8. The van der Waals surface area contributed by atoms with Gasteiger partial charge in [0.05, 0.1) is 6.10 Å². The molecule has 1 saturated carbocycles. The third-order valence-corrected chi connectivity index (χ3v) is 3.32. The summed E-state index contributed by atoms with van der Waals surface area (Å²) in [5.41, 5.74) is 5.45. The quantitative estimate of drug-likeness (QED) is 0.601. The first-order valence-electron chi connectivity index (χ1n) is 6.00. The molecule has 0 aromatic carbocycles. The van der Waals surface area contributed by atoms with Crippen molar-refractivity contribution in [2.45, 2.75) is 43.9 Å². The van der Waals surface area contributed by atoms with E-state index in [-0.39, 0.29) is 17.9 Å². The zero-order valence-electron chi connectivity index (χ0n) is 9.59. The lowest BCUT2D eigenvalue weighted by atomic mass is 10.1. The molecule has 17 heavy (non-hydrogen) atoms. The molecule has 1 heterocycles. The minimum Gasteiger partial charge on any atom is -0.480 e. The summed E-state index contributed by atoms with van der Waals surface area (Å²) in [6.45, 7) is 0.398. The molecule has 1 saturated heterocycles. The van der Waals surface area contributed by atoms with E-state index >= 15 is 0 Å². The topological polar surface area (TPSA) is 102 Å². The molecule has 2 aliphatic rings. The van der Waals surface area contributed by atoms with Crippen molar-refractivity contribution >= 4 is 11.9 Å². The van der Waals surface area contributed by atoms with E-state index in [1.807, 2.05) is 0 Å². The predicted molar refractivity (Wildman–Crippen MR) is 59.2 cm³/mol. The van der Waals surface area contributed by atoms with Crippen molar-refractivity contribution in [3.05, 3.63) is 0 Å². The highest BCUT2D eigenvalue weighted by Gasteiger charge is 2.39. The number of ether oxygens (including phenoxy) is 1. The van der Waals surface area contributed by atoms with Crippen LogP contribution in [0.5, 0.6) is 0 Å². The van der Waals surface area contributed by atoms with E-state index in [9.17, 15) is 9.59 Å². The van der Waals surface area contributed by atoms with Gasteiger partial charge in [0.15, 0.2) is 0 Å². The van der Waals surface area contributed by atoms with Crippen molar-refractivity contribution < 1.29 is 19.4 Å². The van der Waals surface area contributed by atoms with Crippen LogP contribution in [0.4, 0.5) is 0 Å². The van der Waals surface area contributed by atoms with Crippen LogP contribution < -0.4 is 11.1 Å². The molecule has 4 N–H and O–H groups in total. The van der Waals surface area contributed by atoms with E-state index in [0.29, 0.717) is 13.0 Å². The van der Waals surface area contributed by atoms with Crippen LogP contribution in [0.25, 0.3) is 0 Å². The van der Waals surface area contributed by atoms with Crippen LogP contribution in [0, 0.1) is 5.92 Å². The second kappa shape index (κ2) is 5.01. The number of carbonyl (C=O) groups is 2. The van der Waals surface area contributed by atoms with E-state index in [4.69, 9.17) is 15.6 Å². The lowest BCUT2D eigenvalue weighted by molar-refractivity contribution is -0.144. The number of hydrogen-bond acceptors (Lipinski definition) is 4. The van der Waals surface area contributed by atoms with Crippen LogP contribution in [0.3, 0.4) is 0 Å². The molecule has 0 aromatic heterocycles. The lowest BCUT2D eigenvalue weighted by Crippen LogP contribution is -2.46. The molecule has 3 unspecified atom stereocenters. The maximum Gasteiger partial charge on any atom is 0.326 e. The van der Waals surface area contributed by atoms with Gasteiger partial charge in [0, 0.05) is 6.54 Å². The van der Waals surface area contributed by atoms with E-state index in [2.05, 4.69) is 5.32 Å². The molecule has 6 heteroatoms. The van der Waals surface area contributed by atoms with Crippen molar-refractivity contribution in [3.63, 3.8) is 0 Å². The summed E-state index contributed by atoms with van der Waals surface area (Å²) in [6.07, 6.45) is 2.50. The number of nitrogens with one attached hydrogen (secondary N) is 1. The van der Waals surface area contributed by atoms with E-state index in [1.54, 1.807) is 0 Å². The second-order valence-corrected chi connectivity index (χ2v) is 4.72. The third kappa shape index (κ3) is 2.95. The first-order valence-corrected chi connectivity index (χ1v) is 6.00. The highest BCUT2D eigenvalue weighted by molar-refractivity contribution is 5.86. The zero-order valence-corrected chi connectivity index (χ0v) is 9.59. The van der Waals surface area contributed by atoms with Crippen LogP contribution in [0.2, 0.25) is 0 Å². The molecule has 0 radical (unpaired) electrons. The van der Waals surface area contributed by atoms with Crippen molar-refractivity contribution in [2.24, 2.45) is 11.7 Å². The van der Waals surface area contributed by atoms with Crippen LogP contribution in [-0.4, -0.2) is 41.8 Å². The molecule has 1 aliphatic heterocycles. The summed E-state index contributed by atoms with van der Waals surface area (Å²) in [6, 6.07) is -0.761. The summed E-state index contributed by atoms with van der Waals surface area (Å²) in [5.74, 6) is -1.20. The number of aliphatic carboxylic acids is 1. The number of rotatable bonds is 5. The molecular formula is C11H18N2O4. The smallest absolute Gasteiger partial charge is 0.326 e. The van der Waals surface area contributed by atoms with Gasteiger partial charge in [-0.05, 0) is 31.6 Å². The van der Waals surface area contributed by atoms with Gasteiger partial charge in [0.1, 0.15) is 12.1 Å². The standard InChI is InChI=1S/C11H18N2O4/c12-5-7-3-4-8(17-7)10(14)13-9(11(15)16)6-1-2-6/h6-9H,1-5,12H2,(H,13,14)(H,15,16). The molecule has 0 spiro atoms. The average molecular weight is 242 g/mol. The summed E-state index contributed by atoms with van der Waals surface area (Å²) in [7, 11) is 0. The van der Waals surface area contributed by atoms with Gasteiger partial charge in [-0.15, -0.1) is 0 Å². The Bertz CT molecular complexity index is 317. The monoisotopic (exact) mass is 242 g/mol. The molecule has 2 fully saturated rings. The second-order valence-electron chi connectivity index (χ2n) is 4.72. The maximum atomic E-state index is 11.8. The molecule has 96 valence electrons. The average Bonchev–Trinajstić information content (AvgIpc) is 3.01. The number of carbonyl (C=O) groups excluding carboxylic acids is 1. The van der Waals surface area contributed by atoms with Gasteiger partial charge in [0.25, 0.3) is 0 Å². The molecule has 2 rings (SSSR count). The number of nitrogens with two attached hydrogens (primary N) is 1. The fraction of sp³-hybridized carbons (Fsp3) is 0.818. The largest absolute Gasteiger partial charge is 0.480 e. The fourth-order valence-electron chi connectivity index (χ4n) is 2.13. The van der Waals surface area contributed by atoms with Crippen molar-refractivity contribution in [3.8, 4) is 0 Å². The first-order chi connectivity index (χ1) is 8.11. The van der Waals surface area contributed by atoms with Crippen molar-refractivity contribution in [2.75, 3.05) is 6.54 Å². The summed E-state index contributed by atoms with van der Waals surface area (Å²) < 4.78 is 5.42. The van der Waals surface area contributed by atoms with Gasteiger partial charge in [-0.3, -0.25) is 4.79 Å². The highest BCUT2D eigenvalue weighted by atomic mass is 16.5. The van der Waals surface area contributed by atoms with E-state index < -0.39 is 18.1 Å². The Kier molecular flexibility index (Phi) is 3.63. The molecule has 1 amide bonds. The number of amides is 1. The number of carboxylic acids is 1. The molecule has 1 aliphatic carbocycles. The van der Waals surface area contributed by atoms with Gasteiger partial charge in [0.2, 0.25) is 5.91 Å². The number of carboxylic acid groups (broad SMARTS) is 1. The lowest BCUT2D eigenvalue weighted by Gasteiger charge is -2.17. The first kappa shape index (κ1) is 12.3. The summed E-state index contributed by atoms with van der Waals surface area (Å²) in [5, 5.41) is 11.6. The Balaban J connectivity index is 1.85. The van der Waals surface area contributed by atoms with Gasteiger partial charge in [-0.25, -0.2) is 4.79 Å². The predicted octanol–water partition coefficient (Wildman–Crippen LogP) is -0.528. The number of hydrogen-bond donors (Lipinski definition) is 3. The van der Waals surface area contributed by atoms with Gasteiger partial charge < -0.3 is 20.9 Å². The van der Waals surface area contributed by atoms with Crippen molar-refractivity contribution in [1.82, 2.24) is 5.32 Å². The maximum absolute atomic E-state index is 11.8. The van der Waals surface area contributed by atoms with Gasteiger partial charge >= 0.3 is 5.97 Å². The van der Waals surface area contributed by atoms with Crippen molar-refractivity contribution in [1.29, 1.82) is 0 Å². The molecule has 0 aromatic rings. The molecule has 0 bridgehead atoms. The van der Waals surface area contributed by atoms with Crippen LogP contribution in [0.1, 0.15) is 25.7 Å². The minimum absolute atomic E-state index is 0.0741. The minimum atomic E-state index is -0.964. The molecule has 3 atom stereocenters. The summed E-state index contributed by atoms with van der Waals surface area (Å²) >= 11 is 0. The van der Waals surface area contributed by atoms with Gasteiger partial charge in [-0.2, -0.15) is 0 Å². The van der Waals surface area contributed by atoms with Gasteiger partial charge in [-0.1, -0.05) is 0 Å². The van der Waals surface area contributed by atoms with Crippen LogP contribution in [0.15, 0.2) is 0 Å². The van der Waals surface area contributed by atoms with E-state index in [1.165, 1.54) is 0 Å². The Morgan fingerprint density at radius 3 is 2.53 bits per heavy atom. The van der Waals surface area contributed by atoms with Crippen LogP contribution in [-0.2, 0) is 14.3 Å². The van der Waals surface area contributed by atoms with Crippen LogP contribution >= 0.6 is 0 Å². The zero-order chi connectivity index (χ0) is 12.4. The highest BCUT2D eigenvalue weighted by Crippen LogP contribution is 2.33. The Morgan fingerprint density at radius 2 is 2.06 bits per heavy atom. The normalized spacial score (nSPS) is 29.9. The van der Waals surface area contributed by atoms with E-state index in [0.717, 1.165) is 19.3 Å².